The van der Waals surface area contributed by atoms with E-state index in [1.165, 1.54) is 32.9 Å². The van der Waals surface area contributed by atoms with Gasteiger partial charge >= 0.3 is 0 Å². The van der Waals surface area contributed by atoms with Crippen molar-refractivity contribution in [1.82, 2.24) is 4.57 Å². The predicted molar refractivity (Wildman–Crippen MR) is 239 cm³/mol. The molecule has 0 N–H and O–H groups in total. The maximum Gasteiger partial charge on any atom is 0.136 e. The molecule has 0 saturated heterocycles. The molecule has 0 aliphatic heterocycles. The highest BCUT2D eigenvalue weighted by Gasteiger charge is 2.21. The van der Waals surface area contributed by atoms with Crippen LogP contribution in [-0.4, -0.2) is 4.57 Å². The van der Waals surface area contributed by atoms with Crippen molar-refractivity contribution in [2.45, 2.75) is 0 Å². The summed E-state index contributed by atoms with van der Waals surface area (Å²) in [6, 6.07) is 78.1. The Hall–Kier alpha value is -7.62. The number of fused-ring (bicyclic) bond motifs is 6. The Morgan fingerprint density at radius 1 is 0.351 bits per heavy atom. The first kappa shape index (κ1) is 32.8. The molecule has 268 valence electrons. The predicted octanol–water partition coefficient (Wildman–Crippen LogP) is 15.2. The van der Waals surface area contributed by atoms with Crippen molar-refractivity contribution in [2.24, 2.45) is 0 Å². The van der Waals surface area contributed by atoms with Gasteiger partial charge in [-0.1, -0.05) is 158 Å². The molecule has 0 aliphatic carbocycles. The summed E-state index contributed by atoms with van der Waals surface area (Å²) < 4.78 is 8.78. The van der Waals surface area contributed by atoms with Gasteiger partial charge in [-0.2, -0.15) is 0 Å². The molecular formula is C54H36N2O. The van der Waals surface area contributed by atoms with Crippen LogP contribution >= 0.6 is 0 Å². The van der Waals surface area contributed by atoms with Gasteiger partial charge in [-0.15, -0.1) is 0 Å². The van der Waals surface area contributed by atoms with E-state index in [2.05, 4.69) is 216 Å². The fourth-order valence-electron chi connectivity index (χ4n) is 8.66. The number of anilines is 3. The molecule has 0 radical (unpaired) electrons. The Morgan fingerprint density at radius 3 is 1.72 bits per heavy atom. The van der Waals surface area contributed by atoms with Crippen LogP contribution in [0.25, 0.3) is 82.8 Å². The van der Waals surface area contributed by atoms with Crippen molar-refractivity contribution >= 4 is 60.8 Å². The van der Waals surface area contributed by atoms with Gasteiger partial charge in [0, 0.05) is 44.0 Å². The second kappa shape index (κ2) is 13.6. The van der Waals surface area contributed by atoms with Crippen molar-refractivity contribution in [3.63, 3.8) is 0 Å². The van der Waals surface area contributed by atoms with Gasteiger partial charge in [0.15, 0.2) is 0 Å². The molecule has 0 saturated carbocycles. The Morgan fingerprint density at radius 2 is 0.930 bits per heavy atom. The van der Waals surface area contributed by atoms with Crippen LogP contribution in [0, 0.1) is 0 Å². The highest BCUT2D eigenvalue weighted by Crippen LogP contribution is 2.46. The second-order valence-electron chi connectivity index (χ2n) is 14.5. The summed E-state index contributed by atoms with van der Waals surface area (Å²) in [6.45, 7) is 0. The third kappa shape index (κ3) is 5.51. The van der Waals surface area contributed by atoms with Gasteiger partial charge in [0.05, 0.1) is 22.4 Å². The van der Waals surface area contributed by atoms with Crippen LogP contribution in [0.4, 0.5) is 17.1 Å². The number of nitrogens with zero attached hydrogens (tertiary/aromatic N) is 2. The Bertz CT molecular complexity index is 3190. The molecule has 2 heterocycles. The summed E-state index contributed by atoms with van der Waals surface area (Å²) in [4.78, 5) is 2.39. The standard InChI is InChI=1S/C54H36N2O/c1-2-16-37(17-3-1)39-18-14-19-41(36-39)55(49-27-10-7-23-45(49)46-25-15-31-53-54(46)47-24-8-13-30-52(47)57-53)40-34-32-38(33-35-40)42-20-4-9-26-48(42)56-50-28-11-5-21-43(50)44-22-6-12-29-51(44)56/h1-36H. The van der Waals surface area contributed by atoms with Crippen LogP contribution in [0.3, 0.4) is 0 Å². The van der Waals surface area contributed by atoms with E-state index in [4.69, 9.17) is 4.42 Å². The van der Waals surface area contributed by atoms with Crippen molar-refractivity contribution in [3.8, 4) is 39.1 Å². The van der Waals surface area contributed by atoms with Crippen molar-refractivity contribution < 1.29 is 4.42 Å². The zero-order chi connectivity index (χ0) is 37.7. The smallest absolute Gasteiger partial charge is 0.136 e. The first-order valence-corrected chi connectivity index (χ1v) is 19.4. The minimum Gasteiger partial charge on any atom is -0.456 e. The molecule has 0 amide bonds. The molecule has 0 bridgehead atoms. The maximum atomic E-state index is 6.37. The molecule has 0 fully saturated rings. The molecule has 0 unspecified atom stereocenters. The monoisotopic (exact) mass is 728 g/mol. The Labute approximate surface area is 330 Å². The number of para-hydroxylation sites is 5. The molecule has 11 aromatic rings. The molecule has 3 heteroatoms. The molecule has 0 spiro atoms. The van der Waals surface area contributed by atoms with E-state index in [9.17, 15) is 0 Å². The lowest BCUT2D eigenvalue weighted by atomic mass is 9.96. The first-order chi connectivity index (χ1) is 28.3. The minimum atomic E-state index is 0.882. The molecule has 0 atom stereocenters. The highest BCUT2D eigenvalue weighted by molar-refractivity contribution is 6.14. The zero-order valence-electron chi connectivity index (χ0n) is 31.1. The van der Waals surface area contributed by atoms with Crippen LogP contribution in [0.2, 0.25) is 0 Å². The van der Waals surface area contributed by atoms with E-state index < -0.39 is 0 Å². The maximum absolute atomic E-state index is 6.37. The average Bonchev–Trinajstić information content (AvgIpc) is 3.84. The zero-order valence-corrected chi connectivity index (χ0v) is 31.1. The highest BCUT2D eigenvalue weighted by atomic mass is 16.3. The summed E-state index contributed by atoms with van der Waals surface area (Å²) in [5.74, 6) is 0. The Kier molecular flexibility index (Phi) is 7.82. The van der Waals surface area contributed by atoms with E-state index in [1.807, 2.05) is 12.1 Å². The number of furan rings is 1. The number of hydrogen-bond donors (Lipinski definition) is 0. The van der Waals surface area contributed by atoms with Crippen LogP contribution in [-0.2, 0) is 0 Å². The summed E-state index contributed by atoms with van der Waals surface area (Å²) >= 11 is 0. The lowest BCUT2D eigenvalue weighted by Crippen LogP contribution is -2.11. The van der Waals surface area contributed by atoms with Gasteiger partial charge in [0.1, 0.15) is 11.2 Å². The molecule has 0 aliphatic rings. The fraction of sp³-hybridized carbons (Fsp3) is 0. The Balaban J connectivity index is 1.09. The van der Waals surface area contributed by atoms with Crippen LogP contribution in [0.5, 0.6) is 0 Å². The minimum absolute atomic E-state index is 0.882. The van der Waals surface area contributed by atoms with Gasteiger partial charge in [-0.25, -0.2) is 0 Å². The van der Waals surface area contributed by atoms with E-state index in [0.29, 0.717) is 0 Å². The lowest BCUT2D eigenvalue weighted by Gasteiger charge is -2.28. The molecule has 3 nitrogen and oxygen atoms in total. The van der Waals surface area contributed by atoms with Gasteiger partial charge in [0.25, 0.3) is 0 Å². The van der Waals surface area contributed by atoms with Crippen LogP contribution in [0.15, 0.2) is 223 Å². The van der Waals surface area contributed by atoms with Crippen molar-refractivity contribution in [3.05, 3.63) is 218 Å². The first-order valence-electron chi connectivity index (χ1n) is 19.4. The number of benzene rings is 9. The van der Waals surface area contributed by atoms with E-state index in [1.54, 1.807) is 0 Å². The number of aromatic nitrogens is 1. The van der Waals surface area contributed by atoms with Gasteiger partial charge in [-0.05, 0) is 82.9 Å². The normalized spacial score (nSPS) is 11.5. The number of rotatable bonds is 7. The third-order valence-corrected chi connectivity index (χ3v) is 11.2. The van der Waals surface area contributed by atoms with Gasteiger partial charge in [0.2, 0.25) is 0 Å². The molecular weight excluding hydrogens is 693 g/mol. The largest absolute Gasteiger partial charge is 0.456 e. The summed E-state index contributed by atoms with van der Waals surface area (Å²) in [6.07, 6.45) is 0. The quantitative estimate of drug-likeness (QED) is 0.163. The molecule has 2 aromatic heterocycles. The van der Waals surface area contributed by atoms with Gasteiger partial charge in [-0.3, -0.25) is 0 Å². The molecule has 57 heavy (non-hydrogen) atoms. The fourth-order valence-corrected chi connectivity index (χ4v) is 8.66. The number of hydrogen-bond acceptors (Lipinski definition) is 2. The summed E-state index contributed by atoms with van der Waals surface area (Å²) in [5.41, 5.74) is 15.5. The van der Waals surface area contributed by atoms with E-state index >= 15 is 0 Å². The van der Waals surface area contributed by atoms with Gasteiger partial charge < -0.3 is 13.9 Å². The SMILES string of the molecule is c1ccc(-c2cccc(N(c3ccc(-c4ccccc4-n4c5ccccc5c5ccccc54)cc3)c3ccccc3-c3cccc4oc5ccccc5c34)c2)cc1. The van der Waals surface area contributed by atoms with Crippen LogP contribution in [0.1, 0.15) is 0 Å². The summed E-state index contributed by atoms with van der Waals surface area (Å²) in [5, 5.41) is 4.74. The van der Waals surface area contributed by atoms with Crippen LogP contribution < -0.4 is 4.90 Å². The molecule has 11 rings (SSSR count). The topological polar surface area (TPSA) is 21.3 Å². The average molecular weight is 729 g/mol. The lowest BCUT2D eigenvalue weighted by molar-refractivity contribution is 0.669. The summed E-state index contributed by atoms with van der Waals surface area (Å²) in [7, 11) is 0. The second-order valence-corrected chi connectivity index (χ2v) is 14.5. The molecule has 9 aromatic carbocycles. The van der Waals surface area contributed by atoms with Crippen molar-refractivity contribution in [2.75, 3.05) is 4.90 Å². The van der Waals surface area contributed by atoms with Crippen molar-refractivity contribution in [1.29, 1.82) is 0 Å². The van der Waals surface area contributed by atoms with E-state index in [-0.39, 0.29) is 0 Å². The third-order valence-electron chi connectivity index (χ3n) is 11.2. The van der Waals surface area contributed by atoms with E-state index in [0.717, 1.165) is 66.9 Å².